The molecule has 1 rings (SSSR count). The van der Waals surface area contributed by atoms with Crippen molar-refractivity contribution in [2.75, 3.05) is 0 Å². The molecule has 1 aromatic carbocycles. The van der Waals surface area contributed by atoms with Gasteiger partial charge in [-0.1, -0.05) is 0 Å². The maximum Gasteiger partial charge on any atom is 0.416 e. The van der Waals surface area contributed by atoms with Gasteiger partial charge in [-0.15, -0.1) is 0 Å². The quantitative estimate of drug-likeness (QED) is 0.484. The third kappa shape index (κ3) is 3.38. The summed E-state index contributed by atoms with van der Waals surface area (Å²) in [5, 5.41) is 6.89. The average Bonchev–Trinajstić information content (AvgIpc) is 2.13. The summed E-state index contributed by atoms with van der Waals surface area (Å²) in [6.45, 7) is 0. The van der Waals surface area contributed by atoms with Gasteiger partial charge in [0, 0.05) is 6.42 Å². The number of hydrogen-bond acceptors (Lipinski definition) is 1. The summed E-state index contributed by atoms with van der Waals surface area (Å²) in [6, 6.07) is 1.07. The van der Waals surface area contributed by atoms with Crippen molar-refractivity contribution in [1.82, 2.24) is 0 Å². The maximum atomic E-state index is 12.5. The lowest BCUT2D eigenvalue weighted by Gasteiger charge is -2.15. The average molecular weight is 270 g/mol. The van der Waals surface area contributed by atoms with E-state index in [1.807, 2.05) is 0 Å². The number of alkyl halides is 6. The molecule has 0 bridgehead atoms. The molecule has 0 aliphatic heterocycles. The lowest BCUT2D eigenvalue weighted by atomic mass is 10.00. The fourth-order valence-electron chi connectivity index (χ4n) is 1.40. The Bertz CT molecular complexity index is 460. The van der Waals surface area contributed by atoms with E-state index in [1.54, 1.807) is 0 Å². The van der Waals surface area contributed by atoms with E-state index in [-0.39, 0.29) is 0 Å². The Balaban J connectivity index is 3.34. The second-order valence-electron chi connectivity index (χ2n) is 3.57. The molecule has 8 heteroatoms. The van der Waals surface area contributed by atoms with Crippen LogP contribution in [0.2, 0.25) is 0 Å². The lowest BCUT2D eigenvalue weighted by molar-refractivity contribution is -0.141. The number of amidine groups is 1. The maximum absolute atomic E-state index is 12.5. The van der Waals surface area contributed by atoms with Crippen LogP contribution < -0.4 is 5.73 Å². The molecular weight excluding hydrogens is 262 g/mol. The Kier molecular flexibility index (Phi) is 3.59. The van der Waals surface area contributed by atoms with Gasteiger partial charge in [-0.2, -0.15) is 26.3 Å². The van der Waals surface area contributed by atoms with Crippen LogP contribution in [0.4, 0.5) is 26.3 Å². The van der Waals surface area contributed by atoms with Gasteiger partial charge in [0.05, 0.1) is 17.0 Å². The van der Waals surface area contributed by atoms with Gasteiger partial charge in [-0.25, -0.2) is 0 Å². The van der Waals surface area contributed by atoms with Crippen LogP contribution in [-0.4, -0.2) is 5.84 Å². The molecule has 0 aliphatic rings. The normalized spacial score (nSPS) is 12.6. The van der Waals surface area contributed by atoms with E-state index in [0.717, 1.165) is 0 Å². The first kappa shape index (κ1) is 14.3. The van der Waals surface area contributed by atoms with Crippen LogP contribution in [0.1, 0.15) is 16.7 Å². The second-order valence-corrected chi connectivity index (χ2v) is 3.57. The molecule has 0 amide bonds. The van der Waals surface area contributed by atoms with Crippen LogP contribution in [0.15, 0.2) is 18.2 Å². The highest BCUT2D eigenvalue weighted by Gasteiger charge is 2.36. The Labute approximate surface area is 97.9 Å². The molecule has 0 aromatic heterocycles. The van der Waals surface area contributed by atoms with E-state index in [1.165, 1.54) is 0 Å². The third-order valence-electron chi connectivity index (χ3n) is 2.12. The molecule has 0 atom stereocenters. The number of benzene rings is 1. The van der Waals surface area contributed by atoms with Gasteiger partial charge in [-0.3, -0.25) is 5.41 Å². The van der Waals surface area contributed by atoms with Crippen molar-refractivity contribution in [2.24, 2.45) is 5.73 Å². The first-order valence-electron chi connectivity index (χ1n) is 4.62. The molecule has 0 saturated carbocycles. The molecule has 1 aromatic rings. The summed E-state index contributed by atoms with van der Waals surface area (Å²) in [7, 11) is 0. The van der Waals surface area contributed by atoms with Gasteiger partial charge in [0.2, 0.25) is 0 Å². The Morgan fingerprint density at radius 1 is 1.06 bits per heavy atom. The van der Waals surface area contributed by atoms with Crippen LogP contribution in [0.3, 0.4) is 0 Å². The van der Waals surface area contributed by atoms with Crippen LogP contribution in [-0.2, 0) is 18.8 Å². The summed E-state index contributed by atoms with van der Waals surface area (Å²) in [5.74, 6) is -0.639. The fraction of sp³-hybridized carbons (Fsp3) is 0.300. The number of rotatable bonds is 2. The van der Waals surface area contributed by atoms with Crippen molar-refractivity contribution in [2.45, 2.75) is 18.8 Å². The minimum atomic E-state index is -4.78. The molecule has 2 nitrogen and oxygen atoms in total. The first-order chi connectivity index (χ1) is 8.01. The predicted octanol–water partition coefficient (Wildman–Crippen LogP) is 3.20. The summed E-state index contributed by atoms with van der Waals surface area (Å²) in [5.41, 5.74) is 1.85. The molecule has 0 fully saturated rings. The smallest absolute Gasteiger partial charge is 0.387 e. The zero-order valence-corrected chi connectivity index (χ0v) is 8.78. The number of hydrogen-bond donors (Lipinski definition) is 2. The Hall–Kier alpha value is -1.73. The van der Waals surface area contributed by atoms with E-state index < -0.39 is 41.3 Å². The van der Waals surface area contributed by atoms with E-state index in [2.05, 4.69) is 0 Å². The summed E-state index contributed by atoms with van der Waals surface area (Å²) >= 11 is 0. The van der Waals surface area contributed by atoms with Crippen molar-refractivity contribution < 1.29 is 26.3 Å². The van der Waals surface area contributed by atoms with E-state index in [0.29, 0.717) is 18.2 Å². The number of nitrogens with two attached hydrogens (primary N) is 1. The lowest BCUT2D eigenvalue weighted by Crippen LogP contribution is -2.18. The highest BCUT2D eigenvalue weighted by atomic mass is 19.4. The third-order valence-corrected chi connectivity index (χ3v) is 2.12. The molecule has 100 valence electrons. The van der Waals surface area contributed by atoms with Crippen molar-refractivity contribution in [3.63, 3.8) is 0 Å². The van der Waals surface area contributed by atoms with Crippen LogP contribution in [0.25, 0.3) is 0 Å². The van der Waals surface area contributed by atoms with E-state index >= 15 is 0 Å². The van der Waals surface area contributed by atoms with Crippen molar-refractivity contribution in [3.8, 4) is 0 Å². The number of halogens is 6. The molecule has 0 saturated heterocycles. The molecular formula is C10H8F6N2. The van der Waals surface area contributed by atoms with Gasteiger partial charge in [-0.05, 0) is 23.8 Å². The van der Waals surface area contributed by atoms with Crippen LogP contribution in [0, 0.1) is 5.41 Å². The predicted molar refractivity (Wildman–Crippen MR) is 52.1 cm³/mol. The van der Waals surface area contributed by atoms with Gasteiger partial charge in [0.1, 0.15) is 0 Å². The SMILES string of the molecule is N=C(N)Cc1cc(C(F)(F)F)ccc1C(F)(F)F. The van der Waals surface area contributed by atoms with Gasteiger partial charge < -0.3 is 5.73 Å². The molecule has 0 heterocycles. The Morgan fingerprint density at radius 2 is 1.61 bits per heavy atom. The summed E-state index contributed by atoms with van der Waals surface area (Å²) in [4.78, 5) is 0. The molecule has 0 spiro atoms. The molecule has 0 radical (unpaired) electrons. The Morgan fingerprint density at radius 3 is 2.00 bits per heavy atom. The highest BCUT2D eigenvalue weighted by Crippen LogP contribution is 2.36. The van der Waals surface area contributed by atoms with Crippen molar-refractivity contribution >= 4 is 5.84 Å². The standard InChI is InChI=1S/C10H8F6N2/c11-9(12,13)6-1-2-7(10(14,15)16)5(3-6)4-8(17)18/h1-3H,4H2,(H3,17,18). The number of nitrogens with one attached hydrogen (secondary N) is 1. The first-order valence-corrected chi connectivity index (χ1v) is 4.62. The minimum absolute atomic E-state index is 0.348. The summed E-state index contributed by atoms with van der Waals surface area (Å²) in [6.07, 6.45) is -10.2. The highest BCUT2D eigenvalue weighted by molar-refractivity contribution is 5.80. The second kappa shape index (κ2) is 4.51. The zero-order valence-electron chi connectivity index (χ0n) is 8.78. The van der Waals surface area contributed by atoms with Crippen LogP contribution in [0.5, 0.6) is 0 Å². The van der Waals surface area contributed by atoms with Crippen molar-refractivity contribution in [3.05, 3.63) is 34.9 Å². The molecule has 3 N–H and O–H groups in total. The van der Waals surface area contributed by atoms with Crippen LogP contribution >= 0.6 is 0 Å². The monoisotopic (exact) mass is 270 g/mol. The molecule has 0 aliphatic carbocycles. The van der Waals surface area contributed by atoms with E-state index in [4.69, 9.17) is 11.1 Å². The topological polar surface area (TPSA) is 49.9 Å². The fourth-order valence-corrected chi connectivity index (χ4v) is 1.40. The minimum Gasteiger partial charge on any atom is -0.387 e. The van der Waals surface area contributed by atoms with E-state index in [9.17, 15) is 26.3 Å². The zero-order chi connectivity index (χ0) is 14.1. The van der Waals surface area contributed by atoms with Crippen molar-refractivity contribution in [1.29, 1.82) is 5.41 Å². The van der Waals surface area contributed by atoms with Gasteiger partial charge in [0.25, 0.3) is 0 Å². The largest absolute Gasteiger partial charge is 0.416 e. The van der Waals surface area contributed by atoms with Gasteiger partial charge in [0.15, 0.2) is 0 Å². The van der Waals surface area contributed by atoms with Gasteiger partial charge >= 0.3 is 12.4 Å². The summed E-state index contributed by atoms with van der Waals surface area (Å²) < 4.78 is 74.7. The molecule has 0 unspecified atom stereocenters. The molecule has 18 heavy (non-hydrogen) atoms.